The van der Waals surface area contributed by atoms with Crippen molar-refractivity contribution in [3.8, 4) is 0 Å². The molecule has 21 heavy (non-hydrogen) atoms. The van der Waals surface area contributed by atoms with Gasteiger partial charge in [0.15, 0.2) is 5.78 Å². The number of alkyl halides is 1. The molecule has 1 amide bonds. The predicted molar refractivity (Wildman–Crippen MR) is 87.6 cm³/mol. The lowest BCUT2D eigenvalue weighted by Crippen LogP contribution is -2.43. The van der Waals surface area contributed by atoms with Crippen molar-refractivity contribution in [2.75, 3.05) is 11.9 Å². The Morgan fingerprint density at radius 1 is 1.29 bits per heavy atom. The van der Waals surface area contributed by atoms with Crippen LogP contribution >= 0.6 is 15.9 Å². The van der Waals surface area contributed by atoms with Crippen molar-refractivity contribution in [1.29, 1.82) is 0 Å². The Labute approximate surface area is 132 Å². The summed E-state index contributed by atoms with van der Waals surface area (Å²) in [4.78, 5) is 27.0. The van der Waals surface area contributed by atoms with E-state index in [2.05, 4.69) is 32.3 Å². The van der Waals surface area contributed by atoms with Crippen LogP contribution in [-0.2, 0) is 16.0 Å². The first-order valence-electron chi connectivity index (χ1n) is 6.89. The normalized spacial score (nSPS) is 11.6. The number of hydrogen-bond acceptors (Lipinski definition) is 2. The van der Waals surface area contributed by atoms with Crippen molar-refractivity contribution >= 4 is 38.5 Å². The van der Waals surface area contributed by atoms with Crippen molar-refractivity contribution < 1.29 is 9.59 Å². The highest BCUT2D eigenvalue weighted by molar-refractivity contribution is 9.09. The van der Waals surface area contributed by atoms with Crippen LogP contribution in [0.4, 0.5) is 0 Å². The van der Waals surface area contributed by atoms with E-state index in [1.807, 2.05) is 24.4 Å². The summed E-state index contributed by atoms with van der Waals surface area (Å²) in [7, 11) is 0. The summed E-state index contributed by atoms with van der Waals surface area (Å²) < 4.78 is 0. The molecule has 0 aliphatic carbocycles. The molecule has 0 fully saturated rings. The molecule has 2 rings (SSSR count). The SMILES string of the molecule is CC(C)(C(=O)CBr)C(=O)NCCc1c[nH]c2ccccc12. The molecule has 1 aromatic carbocycles. The van der Waals surface area contributed by atoms with Gasteiger partial charge in [-0.2, -0.15) is 0 Å². The van der Waals surface area contributed by atoms with Gasteiger partial charge in [0.25, 0.3) is 0 Å². The van der Waals surface area contributed by atoms with Crippen LogP contribution in [0.5, 0.6) is 0 Å². The second kappa shape index (κ2) is 6.43. The molecule has 112 valence electrons. The molecular formula is C16H19BrN2O2. The number of carbonyl (C=O) groups excluding carboxylic acids is 2. The fraction of sp³-hybridized carbons (Fsp3) is 0.375. The number of hydrogen-bond donors (Lipinski definition) is 2. The first-order chi connectivity index (χ1) is 9.96. The summed E-state index contributed by atoms with van der Waals surface area (Å²) >= 11 is 3.11. The molecule has 0 aliphatic rings. The van der Waals surface area contributed by atoms with Gasteiger partial charge in [0.1, 0.15) is 5.41 Å². The average molecular weight is 351 g/mol. The van der Waals surface area contributed by atoms with Gasteiger partial charge in [-0.1, -0.05) is 34.1 Å². The number of ketones is 1. The number of amides is 1. The maximum atomic E-state index is 12.1. The summed E-state index contributed by atoms with van der Waals surface area (Å²) in [6.07, 6.45) is 2.69. The number of halogens is 1. The number of aromatic nitrogens is 1. The van der Waals surface area contributed by atoms with Crippen molar-refractivity contribution in [1.82, 2.24) is 10.3 Å². The van der Waals surface area contributed by atoms with Crippen molar-refractivity contribution in [2.45, 2.75) is 20.3 Å². The number of carbonyl (C=O) groups is 2. The van der Waals surface area contributed by atoms with E-state index in [-0.39, 0.29) is 17.0 Å². The molecule has 0 aliphatic heterocycles. The van der Waals surface area contributed by atoms with Crippen molar-refractivity contribution in [3.05, 3.63) is 36.0 Å². The molecule has 1 aromatic heterocycles. The predicted octanol–water partition coefficient (Wildman–Crippen LogP) is 2.82. The van der Waals surface area contributed by atoms with Crippen LogP contribution in [0.2, 0.25) is 0 Å². The molecule has 2 aromatic rings. The van der Waals surface area contributed by atoms with Crippen LogP contribution in [0.3, 0.4) is 0 Å². The Morgan fingerprint density at radius 2 is 2.00 bits per heavy atom. The van der Waals surface area contributed by atoms with Crippen molar-refractivity contribution in [2.24, 2.45) is 5.41 Å². The second-order valence-electron chi connectivity index (χ2n) is 5.55. The lowest BCUT2D eigenvalue weighted by Gasteiger charge is -2.21. The molecule has 0 atom stereocenters. The molecule has 0 saturated heterocycles. The van der Waals surface area contributed by atoms with E-state index in [0.29, 0.717) is 6.54 Å². The van der Waals surface area contributed by atoms with E-state index >= 15 is 0 Å². The summed E-state index contributed by atoms with van der Waals surface area (Å²) in [6.45, 7) is 3.81. The molecule has 1 heterocycles. The van der Waals surface area contributed by atoms with Gasteiger partial charge in [0, 0.05) is 23.6 Å². The molecular weight excluding hydrogens is 332 g/mol. The minimum Gasteiger partial charge on any atom is -0.361 e. The summed E-state index contributed by atoms with van der Waals surface area (Å²) in [5, 5.41) is 4.21. The number of benzene rings is 1. The Hall–Kier alpha value is -1.62. The number of para-hydroxylation sites is 1. The van der Waals surface area contributed by atoms with Gasteiger partial charge in [-0.3, -0.25) is 9.59 Å². The number of fused-ring (bicyclic) bond motifs is 1. The molecule has 4 nitrogen and oxygen atoms in total. The van der Waals surface area contributed by atoms with E-state index in [9.17, 15) is 9.59 Å². The molecule has 0 bridgehead atoms. The number of H-pyrrole nitrogens is 1. The lowest BCUT2D eigenvalue weighted by molar-refractivity contribution is -0.138. The van der Waals surface area contributed by atoms with E-state index < -0.39 is 5.41 Å². The monoisotopic (exact) mass is 350 g/mol. The maximum Gasteiger partial charge on any atom is 0.233 e. The number of rotatable bonds is 6. The third-order valence-corrected chi connectivity index (χ3v) is 4.25. The fourth-order valence-electron chi connectivity index (χ4n) is 2.16. The fourth-order valence-corrected chi connectivity index (χ4v) is 2.86. The average Bonchev–Trinajstić information content (AvgIpc) is 2.89. The molecule has 5 heteroatoms. The van der Waals surface area contributed by atoms with Gasteiger partial charge in [0.2, 0.25) is 5.91 Å². The minimum atomic E-state index is -0.996. The first-order valence-corrected chi connectivity index (χ1v) is 8.01. The zero-order valence-corrected chi connectivity index (χ0v) is 13.8. The van der Waals surface area contributed by atoms with Crippen LogP contribution in [0.15, 0.2) is 30.5 Å². The van der Waals surface area contributed by atoms with Gasteiger partial charge in [0.05, 0.1) is 5.33 Å². The molecule has 0 spiro atoms. The minimum absolute atomic E-state index is 0.118. The van der Waals surface area contributed by atoms with Crippen LogP contribution in [0.1, 0.15) is 19.4 Å². The molecule has 0 saturated carbocycles. The molecule has 0 radical (unpaired) electrons. The summed E-state index contributed by atoms with van der Waals surface area (Å²) in [5.41, 5.74) is 1.26. The number of nitrogens with one attached hydrogen (secondary N) is 2. The standard InChI is InChI=1S/C16H19BrN2O2/c1-16(2,14(20)9-17)15(21)18-8-7-11-10-19-13-6-4-3-5-12(11)13/h3-6,10,19H,7-9H2,1-2H3,(H,18,21). The Kier molecular flexibility index (Phi) is 4.83. The lowest BCUT2D eigenvalue weighted by atomic mass is 9.88. The number of aromatic amines is 1. The van der Waals surface area contributed by atoms with Crippen LogP contribution in [0, 0.1) is 5.41 Å². The van der Waals surface area contributed by atoms with Crippen LogP contribution in [-0.4, -0.2) is 28.5 Å². The topological polar surface area (TPSA) is 62.0 Å². The van der Waals surface area contributed by atoms with Gasteiger partial charge in [-0.15, -0.1) is 0 Å². The van der Waals surface area contributed by atoms with Gasteiger partial charge in [-0.05, 0) is 31.9 Å². The summed E-state index contributed by atoms with van der Waals surface area (Å²) in [6, 6.07) is 8.06. The second-order valence-corrected chi connectivity index (χ2v) is 6.11. The summed E-state index contributed by atoms with van der Waals surface area (Å²) in [5.74, 6) is -0.348. The highest BCUT2D eigenvalue weighted by Crippen LogP contribution is 2.19. The highest BCUT2D eigenvalue weighted by atomic mass is 79.9. The van der Waals surface area contributed by atoms with E-state index in [1.165, 1.54) is 5.39 Å². The third-order valence-electron chi connectivity index (χ3n) is 3.74. The maximum absolute atomic E-state index is 12.1. The van der Waals surface area contributed by atoms with Gasteiger partial charge < -0.3 is 10.3 Å². The van der Waals surface area contributed by atoms with Crippen LogP contribution in [0.25, 0.3) is 10.9 Å². The third kappa shape index (κ3) is 3.35. The molecule has 0 unspecified atom stereocenters. The highest BCUT2D eigenvalue weighted by Gasteiger charge is 2.34. The van der Waals surface area contributed by atoms with Crippen LogP contribution < -0.4 is 5.32 Å². The largest absolute Gasteiger partial charge is 0.361 e. The van der Waals surface area contributed by atoms with E-state index in [0.717, 1.165) is 17.5 Å². The van der Waals surface area contributed by atoms with Gasteiger partial charge >= 0.3 is 0 Å². The Morgan fingerprint density at radius 3 is 2.71 bits per heavy atom. The smallest absolute Gasteiger partial charge is 0.233 e. The van der Waals surface area contributed by atoms with E-state index in [1.54, 1.807) is 13.8 Å². The Bertz CT molecular complexity index is 661. The number of Topliss-reactive ketones (excluding diaryl/α,β-unsaturated/α-hetero) is 1. The van der Waals surface area contributed by atoms with E-state index in [4.69, 9.17) is 0 Å². The zero-order valence-electron chi connectivity index (χ0n) is 12.2. The Balaban J connectivity index is 1.95. The first kappa shape index (κ1) is 15.8. The quantitative estimate of drug-likeness (QED) is 0.621. The van der Waals surface area contributed by atoms with Gasteiger partial charge in [-0.25, -0.2) is 0 Å². The van der Waals surface area contributed by atoms with Crippen molar-refractivity contribution in [3.63, 3.8) is 0 Å². The zero-order chi connectivity index (χ0) is 15.5. The molecule has 2 N–H and O–H groups in total.